The van der Waals surface area contributed by atoms with E-state index in [9.17, 15) is 4.79 Å². The zero-order valence-corrected chi connectivity index (χ0v) is 12.3. The van der Waals surface area contributed by atoms with E-state index >= 15 is 0 Å². The Kier molecular flexibility index (Phi) is 2.66. The van der Waals surface area contributed by atoms with Crippen LogP contribution >= 0.6 is 0 Å². The van der Waals surface area contributed by atoms with Gasteiger partial charge in [-0.3, -0.25) is 9.48 Å². The van der Waals surface area contributed by atoms with Crippen LogP contribution < -0.4 is 4.74 Å². The molecule has 1 aromatic heterocycles. The van der Waals surface area contributed by atoms with E-state index in [1.165, 1.54) is 0 Å². The van der Waals surface area contributed by atoms with Gasteiger partial charge in [-0.25, -0.2) is 0 Å². The molecule has 0 saturated carbocycles. The molecule has 0 spiro atoms. The number of nitrogens with zero attached hydrogens (tertiary/aromatic N) is 2. The first-order valence-electron chi connectivity index (χ1n) is 7.06. The minimum Gasteiger partial charge on any atom is -0.497 e. The van der Waals surface area contributed by atoms with Crippen LogP contribution in [0.15, 0.2) is 48.5 Å². The molecular weight excluding hydrogens is 276 g/mol. The van der Waals surface area contributed by atoms with Gasteiger partial charge in [-0.2, -0.15) is 5.10 Å². The summed E-state index contributed by atoms with van der Waals surface area (Å²) in [7, 11) is 3.51. The summed E-state index contributed by atoms with van der Waals surface area (Å²) < 4.78 is 6.97. The van der Waals surface area contributed by atoms with Gasteiger partial charge in [0.05, 0.1) is 18.4 Å². The minimum atomic E-state index is 0.0459. The van der Waals surface area contributed by atoms with Crippen molar-refractivity contribution in [2.24, 2.45) is 7.05 Å². The fourth-order valence-electron chi connectivity index (χ4n) is 3.02. The largest absolute Gasteiger partial charge is 0.497 e. The molecule has 0 saturated heterocycles. The molecule has 0 bridgehead atoms. The lowest BCUT2D eigenvalue weighted by molar-refractivity contribution is 0.104. The third-order valence-electron chi connectivity index (χ3n) is 4.06. The number of fused-ring (bicyclic) bond motifs is 3. The first-order chi connectivity index (χ1) is 10.7. The third kappa shape index (κ3) is 1.64. The van der Waals surface area contributed by atoms with Crippen molar-refractivity contribution in [2.75, 3.05) is 7.11 Å². The van der Waals surface area contributed by atoms with Crippen LogP contribution in [-0.2, 0) is 7.05 Å². The highest BCUT2D eigenvalue weighted by atomic mass is 16.5. The zero-order valence-electron chi connectivity index (χ0n) is 12.3. The van der Waals surface area contributed by atoms with Crippen LogP contribution in [0.25, 0.3) is 22.5 Å². The fraction of sp³-hybridized carbons (Fsp3) is 0.111. The van der Waals surface area contributed by atoms with E-state index in [1.54, 1.807) is 11.8 Å². The molecular formula is C18H14N2O2. The van der Waals surface area contributed by atoms with Gasteiger partial charge in [-0.05, 0) is 24.3 Å². The number of methoxy groups -OCH3 is 1. The number of carbonyl (C=O) groups is 1. The number of ether oxygens (including phenoxy) is 1. The summed E-state index contributed by atoms with van der Waals surface area (Å²) >= 11 is 0. The Morgan fingerprint density at radius 2 is 1.68 bits per heavy atom. The number of ketones is 1. The van der Waals surface area contributed by atoms with E-state index in [2.05, 4.69) is 5.10 Å². The van der Waals surface area contributed by atoms with Crippen LogP contribution in [0.5, 0.6) is 5.75 Å². The second kappa shape index (κ2) is 4.56. The molecule has 1 aliphatic carbocycles. The number of hydrogen-bond acceptors (Lipinski definition) is 3. The Balaban J connectivity index is 1.93. The van der Waals surface area contributed by atoms with Gasteiger partial charge < -0.3 is 4.74 Å². The highest BCUT2D eigenvalue weighted by molar-refractivity contribution is 6.23. The Hall–Kier alpha value is -2.88. The molecule has 0 fully saturated rings. The Morgan fingerprint density at radius 1 is 1.00 bits per heavy atom. The standard InChI is InChI=1S/C18H14N2O2/c1-20-17-13-5-3-4-6-14(13)18(21)15(17)16(19-20)11-7-9-12(22-2)10-8-11/h3-10H,1-2H3. The number of rotatable bonds is 2. The predicted octanol–water partition coefficient (Wildman–Crippen LogP) is 3.31. The molecule has 4 nitrogen and oxygen atoms in total. The molecule has 0 aliphatic heterocycles. The first-order valence-corrected chi connectivity index (χ1v) is 7.06. The monoisotopic (exact) mass is 290 g/mol. The van der Waals surface area contributed by atoms with Gasteiger partial charge in [0.1, 0.15) is 11.4 Å². The van der Waals surface area contributed by atoms with E-state index in [-0.39, 0.29) is 5.78 Å². The van der Waals surface area contributed by atoms with Crippen molar-refractivity contribution in [3.63, 3.8) is 0 Å². The SMILES string of the molecule is COc1ccc(-c2nn(C)c3c2C(=O)c2ccccc2-3)cc1. The second-order valence-electron chi connectivity index (χ2n) is 5.30. The Labute approximate surface area is 128 Å². The third-order valence-corrected chi connectivity index (χ3v) is 4.06. The van der Waals surface area contributed by atoms with Crippen LogP contribution in [0.1, 0.15) is 15.9 Å². The van der Waals surface area contributed by atoms with Gasteiger partial charge >= 0.3 is 0 Å². The van der Waals surface area contributed by atoms with Gasteiger partial charge in [0.25, 0.3) is 0 Å². The number of aryl methyl sites for hydroxylation is 1. The number of benzene rings is 2. The molecule has 3 aromatic rings. The van der Waals surface area contributed by atoms with E-state index in [0.717, 1.165) is 33.8 Å². The van der Waals surface area contributed by atoms with Crippen LogP contribution in [0.2, 0.25) is 0 Å². The maximum Gasteiger partial charge on any atom is 0.198 e. The van der Waals surface area contributed by atoms with Crippen molar-refractivity contribution in [1.82, 2.24) is 9.78 Å². The van der Waals surface area contributed by atoms with Gasteiger partial charge in [-0.1, -0.05) is 24.3 Å². The topological polar surface area (TPSA) is 44.1 Å². The van der Waals surface area contributed by atoms with Crippen molar-refractivity contribution < 1.29 is 9.53 Å². The molecule has 4 rings (SSSR count). The van der Waals surface area contributed by atoms with Gasteiger partial charge in [0, 0.05) is 23.7 Å². The highest BCUT2D eigenvalue weighted by Gasteiger charge is 2.33. The average molecular weight is 290 g/mol. The lowest BCUT2D eigenvalue weighted by atomic mass is 10.0. The smallest absolute Gasteiger partial charge is 0.198 e. The summed E-state index contributed by atoms with van der Waals surface area (Å²) in [5, 5.41) is 4.56. The van der Waals surface area contributed by atoms with Crippen molar-refractivity contribution in [3.05, 3.63) is 59.7 Å². The van der Waals surface area contributed by atoms with Crippen LogP contribution in [0, 0.1) is 0 Å². The van der Waals surface area contributed by atoms with Crippen molar-refractivity contribution in [1.29, 1.82) is 0 Å². The summed E-state index contributed by atoms with van der Waals surface area (Å²) in [5.41, 5.74) is 4.93. The Bertz CT molecular complexity index is 892. The summed E-state index contributed by atoms with van der Waals surface area (Å²) in [6.07, 6.45) is 0. The van der Waals surface area contributed by atoms with Crippen LogP contribution in [0.4, 0.5) is 0 Å². The number of carbonyl (C=O) groups excluding carboxylic acids is 1. The van der Waals surface area contributed by atoms with Crippen molar-refractivity contribution >= 4 is 5.78 Å². The molecule has 0 radical (unpaired) electrons. The number of hydrogen-bond donors (Lipinski definition) is 0. The molecule has 0 unspecified atom stereocenters. The first kappa shape index (κ1) is 12.8. The molecule has 1 heterocycles. The zero-order chi connectivity index (χ0) is 15.3. The quantitative estimate of drug-likeness (QED) is 0.569. The van der Waals surface area contributed by atoms with E-state index in [0.29, 0.717) is 5.56 Å². The maximum absolute atomic E-state index is 12.7. The number of aromatic nitrogens is 2. The van der Waals surface area contributed by atoms with Crippen molar-refractivity contribution in [2.45, 2.75) is 0 Å². The summed E-state index contributed by atoms with van der Waals surface area (Å²) in [4.78, 5) is 12.7. The highest BCUT2D eigenvalue weighted by Crippen LogP contribution is 2.41. The minimum absolute atomic E-state index is 0.0459. The Morgan fingerprint density at radius 3 is 2.36 bits per heavy atom. The second-order valence-corrected chi connectivity index (χ2v) is 5.30. The molecule has 108 valence electrons. The molecule has 0 N–H and O–H groups in total. The summed E-state index contributed by atoms with van der Waals surface area (Å²) in [5.74, 6) is 0.829. The van der Waals surface area contributed by atoms with E-state index in [1.807, 2.05) is 55.6 Å². The molecule has 4 heteroatoms. The van der Waals surface area contributed by atoms with Crippen LogP contribution in [-0.4, -0.2) is 22.7 Å². The van der Waals surface area contributed by atoms with Gasteiger partial charge in [0.2, 0.25) is 0 Å². The van der Waals surface area contributed by atoms with Gasteiger partial charge in [0.15, 0.2) is 5.78 Å². The average Bonchev–Trinajstić information content (AvgIpc) is 3.05. The molecule has 2 aromatic carbocycles. The van der Waals surface area contributed by atoms with E-state index in [4.69, 9.17) is 4.74 Å². The summed E-state index contributed by atoms with van der Waals surface area (Å²) in [6.45, 7) is 0. The summed E-state index contributed by atoms with van der Waals surface area (Å²) in [6, 6.07) is 15.3. The van der Waals surface area contributed by atoms with Gasteiger partial charge in [-0.15, -0.1) is 0 Å². The molecule has 22 heavy (non-hydrogen) atoms. The fourth-order valence-corrected chi connectivity index (χ4v) is 3.02. The lowest BCUT2D eigenvalue weighted by Crippen LogP contribution is -1.98. The van der Waals surface area contributed by atoms with E-state index < -0.39 is 0 Å². The predicted molar refractivity (Wildman–Crippen MR) is 84.1 cm³/mol. The molecule has 0 atom stereocenters. The van der Waals surface area contributed by atoms with Crippen molar-refractivity contribution in [3.8, 4) is 28.3 Å². The maximum atomic E-state index is 12.7. The van der Waals surface area contributed by atoms with Crippen LogP contribution in [0.3, 0.4) is 0 Å². The normalized spacial score (nSPS) is 12.2. The molecule has 0 amide bonds. The molecule has 1 aliphatic rings. The lowest BCUT2D eigenvalue weighted by Gasteiger charge is -2.03.